The molecule has 0 aliphatic carbocycles. The first-order chi connectivity index (χ1) is 22.8. The second kappa shape index (κ2) is 12.2. The Labute approximate surface area is 291 Å². The predicted molar refractivity (Wildman–Crippen MR) is 191 cm³/mol. The van der Waals surface area contributed by atoms with Gasteiger partial charge < -0.3 is 9.55 Å². The quantitative estimate of drug-likeness (QED) is 0.162. The van der Waals surface area contributed by atoms with Gasteiger partial charge in [-0.1, -0.05) is 96.4 Å². The van der Waals surface area contributed by atoms with E-state index >= 15 is 0 Å². The van der Waals surface area contributed by atoms with Crippen LogP contribution in [0.1, 0.15) is 0 Å². The third kappa shape index (κ3) is 5.30. The summed E-state index contributed by atoms with van der Waals surface area (Å²) in [6, 6.07) is 58.3. The van der Waals surface area contributed by atoms with Crippen LogP contribution in [0, 0.1) is 12.1 Å². The second-order valence-electron chi connectivity index (χ2n) is 11.3. The number of benzene rings is 6. The standard InChI is InChI=1S/C42H25N3S.Pt/c1-2-9-28(10-3-1)29-16-18-30(19-17-29)31-21-23-41-38(26-31)44-42(46-41)33-20-22-36-35-13-4-5-15-39(35)45(40(36)27-33)34-12-8-11-32(25-34)37-14-6-7-24-43-37;/h1-24,26H;/q-2;+2. The van der Waals surface area contributed by atoms with E-state index in [2.05, 4.69) is 143 Å². The average molecular weight is 799 g/mol. The SMILES string of the molecule is [Pt+2].[c-]1c(-c2ccccn2)cccc1-n1c2[c-]c(-c3nc4cc(-c5ccc(-c6ccccc6)cc5)ccc4s3)ccc2c2ccccc21. The number of pyridine rings is 1. The summed E-state index contributed by atoms with van der Waals surface area (Å²) in [4.78, 5) is 9.67. The van der Waals surface area contributed by atoms with Crippen molar-refractivity contribution in [3.8, 4) is 49.8 Å². The monoisotopic (exact) mass is 798 g/mol. The normalized spacial score (nSPS) is 11.2. The molecule has 3 heterocycles. The third-order valence-electron chi connectivity index (χ3n) is 8.49. The molecule has 0 unspecified atom stereocenters. The fraction of sp³-hybridized carbons (Fsp3) is 0. The molecule has 0 amide bonds. The summed E-state index contributed by atoms with van der Waals surface area (Å²) in [5, 5.41) is 3.29. The van der Waals surface area contributed by atoms with Crippen LogP contribution in [0.3, 0.4) is 0 Å². The Hall–Kier alpha value is -5.15. The zero-order valence-electron chi connectivity index (χ0n) is 25.0. The molecular formula is C42H25N3PtS. The summed E-state index contributed by atoms with van der Waals surface area (Å²) >= 11 is 1.70. The van der Waals surface area contributed by atoms with Gasteiger partial charge in [-0.3, -0.25) is 4.98 Å². The van der Waals surface area contributed by atoms with E-state index in [1.165, 1.54) is 22.1 Å². The third-order valence-corrected chi connectivity index (χ3v) is 9.56. The first kappa shape index (κ1) is 29.3. The van der Waals surface area contributed by atoms with Crippen LogP contribution in [0.4, 0.5) is 0 Å². The fourth-order valence-corrected chi connectivity index (χ4v) is 7.16. The van der Waals surface area contributed by atoms with Crippen molar-refractivity contribution in [3.05, 3.63) is 164 Å². The molecule has 0 saturated carbocycles. The molecule has 0 N–H and O–H groups in total. The van der Waals surface area contributed by atoms with Crippen molar-refractivity contribution >= 4 is 43.4 Å². The summed E-state index contributed by atoms with van der Waals surface area (Å²) in [5.41, 5.74) is 11.7. The first-order valence-corrected chi connectivity index (χ1v) is 16.1. The van der Waals surface area contributed by atoms with E-state index < -0.39 is 0 Å². The topological polar surface area (TPSA) is 30.7 Å². The Kier molecular flexibility index (Phi) is 7.61. The van der Waals surface area contributed by atoms with Crippen LogP contribution in [-0.2, 0) is 21.1 Å². The minimum atomic E-state index is 0. The summed E-state index contributed by atoms with van der Waals surface area (Å²) in [5.74, 6) is 0. The average Bonchev–Trinajstić information content (AvgIpc) is 3.71. The molecule has 3 nitrogen and oxygen atoms in total. The first-order valence-electron chi connectivity index (χ1n) is 15.2. The molecule has 0 radical (unpaired) electrons. The van der Waals surface area contributed by atoms with E-state index in [0.717, 1.165) is 59.7 Å². The number of thiazole rings is 1. The smallest absolute Gasteiger partial charge is 0.346 e. The van der Waals surface area contributed by atoms with E-state index in [4.69, 9.17) is 4.98 Å². The van der Waals surface area contributed by atoms with Crippen LogP contribution < -0.4 is 0 Å². The van der Waals surface area contributed by atoms with E-state index in [0.29, 0.717) is 0 Å². The maximum Gasteiger partial charge on any atom is 2.00 e. The van der Waals surface area contributed by atoms with Crippen LogP contribution in [0.5, 0.6) is 0 Å². The second-order valence-corrected chi connectivity index (χ2v) is 12.3. The molecule has 0 saturated heterocycles. The number of hydrogen-bond acceptors (Lipinski definition) is 3. The Balaban J connectivity index is 0.00000324. The molecule has 5 heteroatoms. The van der Waals surface area contributed by atoms with Crippen LogP contribution in [-0.4, -0.2) is 14.5 Å². The Morgan fingerprint density at radius 1 is 0.553 bits per heavy atom. The Bertz CT molecular complexity index is 2520. The van der Waals surface area contributed by atoms with Crippen molar-refractivity contribution in [2.75, 3.05) is 0 Å². The number of nitrogens with zero attached hydrogens (tertiary/aromatic N) is 3. The van der Waals surface area contributed by atoms with Gasteiger partial charge in [0, 0.05) is 21.4 Å². The van der Waals surface area contributed by atoms with Gasteiger partial charge in [-0.05, 0) is 68.8 Å². The number of para-hydroxylation sites is 1. The molecule has 6 aromatic carbocycles. The fourth-order valence-electron chi connectivity index (χ4n) is 6.23. The van der Waals surface area contributed by atoms with Gasteiger partial charge in [0.1, 0.15) is 0 Å². The van der Waals surface area contributed by atoms with E-state index in [1.807, 2.05) is 30.5 Å². The molecule has 0 bridgehead atoms. The molecule has 9 rings (SSSR count). The molecule has 0 spiro atoms. The van der Waals surface area contributed by atoms with Crippen molar-refractivity contribution in [1.82, 2.24) is 14.5 Å². The maximum absolute atomic E-state index is 5.11. The van der Waals surface area contributed by atoms with E-state index in [1.54, 1.807) is 11.3 Å². The zero-order chi connectivity index (χ0) is 30.5. The number of aromatic nitrogens is 3. The molecule has 0 fully saturated rings. The largest absolute Gasteiger partial charge is 2.00 e. The Morgan fingerprint density at radius 3 is 2.13 bits per heavy atom. The van der Waals surface area contributed by atoms with Gasteiger partial charge in [0.15, 0.2) is 0 Å². The molecule has 224 valence electrons. The maximum atomic E-state index is 5.11. The van der Waals surface area contributed by atoms with Crippen molar-refractivity contribution < 1.29 is 21.1 Å². The predicted octanol–water partition coefficient (Wildman–Crippen LogP) is 11.1. The van der Waals surface area contributed by atoms with Crippen LogP contribution >= 0.6 is 11.3 Å². The van der Waals surface area contributed by atoms with Crippen LogP contribution in [0.25, 0.3) is 81.8 Å². The molecule has 47 heavy (non-hydrogen) atoms. The van der Waals surface area contributed by atoms with Gasteiger partial charge in [-0.25, -0.2) is 0 Å². The van der Waals surface area contributed by atoms with Crippen LogP contribution in [0.15, 0.2) is 152 Å². The molecule has 0 aliphatic heterocycles. The van der Waals surface area contributed by atoms with Gasteiger partial charge in [-0.2, -0.15) is 11.3 Å². The van der Waals surface area contributed by atoms with Crippen molar-refractivity contribution in [2.24, 2.45) is 0 Å². The Morgan fingerprint density at radius 2 is 1.30 bits per heavy atom. The van der Waals surface area contributed by atoms with Crippen molar-refractivity contribution in [1.29, 1.82) is 0 Å². The van der Waals surface area contributed by atoms with Gasteiger partial charge in [-0.15, -0.1) is 53.6 Å². The summed E-state index contributed by atoms with van der Waals surface area (Å²) in [6.45, 7) is 0. The molecule has 3 aromatic heterocycles. The summed E-state index contributed by atoms with van der Waals surface area (Å²) < 4.78 is 3.41. The van der Waals surface area contributed by atoms with Crippen LogP contribution in [0.2, 0.25) is 0 Å². The van der Waals surface area contributed by atoms with E-state index in [-0.39, 0.29) is 21.1 Å². The summed E-state index contributed by atoms with van der Waals surface area (Å²) in [7, 11) is 0. The van der Waals surface area contributed by atoms with Gasteiger partial charge >= 0.3 is 21.1 Å². The van der Waals surface area contributed by atoms with Gasteiger partial charge in [0.2, 0.25) is 0 Å². The minimum Gasteiger partial charge on any atom is -0.346 e. The van der Waals surface area contributed by atoms with E-state index in [9.17, 15) is 0 Å². The zero-order valence-corrected chi connectivity index (χ0v) is 28.1. The molecule has 0 atom stereocenters. The van der Waals surface area contributed by atoms with Gasteiger partial charge in [0.25, 0.3) is 0 Å². The summed E-state index contributed by atoms with van der Waals surface area (Å²) in [6.07, 6.45) is 1.82. The molecule has 9 aromatic rings. The number of hydrogen-bond donors (Lipinski definition) is 0. The molecule has 0 aliphatic rings. The number of fused-ring (bicyclic) bond motifs is 4. The molecular weight excluding hydrogens is 774 g/mol. The van der Waals surface area contributed by atoms with Gasteiger partial charge in [0.05, 0.1) is 5.52 Å². The van der Waals surface area contributed by atoms with Crippen molar-refractivity contribution in [2.45, 2.75) is 0 Å². The van der Waals surface area contributed by atoms with Crippen molar-refractivity contribution in [3.63, 3.8) is 0 Å². The number of rotatable bonds is 5. The minimum absolute atomic E-state index is 0.